The van der Waals surface area contributed by atoms with Gasteiger partial charge in [0.25, 0.3) is 5.91 Å². The number of hydrogen-bond acceptors (Lipinski definition) is 3. The Morgan fingerprint density at radius 1 is 1.47 bits per heavy atom. The third-order valence-electron chi connectivity index (χ3n) is 2.67. The van der Waals surface area contributed by atoms with E-state index in [2.05, 4.69) is 5.32 Å². The van der Waals surface area contributed by atoms with Gasteiger partial charge in [0.05, 0.1) is 12.6 Å². The lowest BCUT2D eigenvalue weighted by atomic mass is 10.1. The van der Waals surface area contributed by atoms with Crippen LogP contribution in [0.25, 0.3) is 0 Å². The van der Waals surface area contributed by atoms with Crippen LogP contribution in [-0.2, 0) is 0 Å². The molecule has 0 aliphatic carbocycles. The van der Waals surface area contributed by atoms with Crippen LogP contribution in [0, 0.1) is 0 Å². The van der Waals surface area contributed by atoms with E-state index < -0.39 is 0 Å². The van der Waals surface area contributed by atoms with Gasteiger partial charge in [-0.1, -0.05) is 13.0 Å². The third kappa shape index (κ3) is 3.75. The predicted molar refractivity (Wildman–Crippen MR) is 69.4 cm³/mol. The Kier molecular flexibility index (Phi) is 4.97. The maximum absolute atomic E-state index is 11.9. The Balaban J connectivity index is 2.78. The number of anilines is 1. The zero-order valence-electron chi connectivity index (χ0n) is 10.6. The van der Waals surface area contributed by atoms with Crippen LogP contribution in [0.5, 0.6) is 0 Å². The van der Waals surface area contributed by atoms with Crippen LogP contribution >= 0.6 is 0 Å². The normalized spacial score (nSPS) is 12.0. The smallest absolute Gasteiger partial charge is 0.251 e. The zero-order valence-corrected chi connectivity index (χ0v) is 10.6. The van der Waals surface area contributed by atoms with Gasteiger partial charge in [-0.2, -0.15) is 0 Å². The largest absolute Gasteiger partial charge is 0.394 e. The first-order valence-corrected chi connectivity index (χ1v) is 5.77. The SMILES string of the molecule is CC[C@@H](CO)NC(=O)c1cccc(N(C)C)c1. The van der Waals surface area contributed by atoms with Crippen molar-refractivity contribution in [2.45, 2.75) is 19.4 Å². The molecule has 17 heavy (non-hydrogen) atoms. The summed E-state index contributed by atoms with van der Waals surface area (Å²) in [5, 5.41) is 11.8. The topological polar surface area (TPSA) is 52.6 Å². The fourth-order valence-corrected chi connectivity index (χ4v) is 1.47. The second kappa shape index (κ2) is 6.25. The summed E-state index contributed by atoms with van der Waals surface area (Å²) in [7, 11) is 3.86. The van der Waals surface area contributed by atoms with E-state index in [1.54, 1.807) is 6.07 Å². The van der Waals surface area contributed by atoms with Crippen LogP contribution < -0.4 is 10.2 Å². The molecule has 0 radical (unpaired) electrons. The highest BCUT2D eigenvalue weighted by atomic mass is 16.3. The standard InChI is InChI=1S/C13H20N2O2/c1-4-11(9-16)14-13(17)10-6-5-7-12(8-10)15(2)3/h5-8,11,16H,4,9H2,1-3H3,(H,14,17)/t11-/m0/s1. The average molecular weight is 236 g/mol. The van der Waals surface area contributed by atoms with Gasteiger partial charge in [-0.05, 0) is 24.6 Å². The lowest BCUT2D eigenvalue weighted by Gasteiger charge is -2.16. The minimum absolute atomic E-state index is 0.0321. The molecule has 0 saturated carbocycles. The molecule has 1 rings (SSSR count). The molecule has 2 N–H and O–H groups in total. The summed E-state index contributed by atoms with van der Waals surface area (Å²) in [4.78, 5) is 13.9. The molecule has 94 valence electrons. The number of aliphatic hydroxyl groups is 1. The van der Waals surface area contributed by atoms with Crippen molar-refractivity contribution in [1.82, 2.24) is 5.32 Å². The van der Waals surface area contributed by atoms with Crippen molar-refractivity contribution >= 4 is 11.6 Å². The van der Waals surface area contributed by atoms with Crippen LogP contribution in [0.4, 0.5) is 5.69 Å². The lowest BCUT2D eigenvalue weighted by Crippen LogP contribution is -2.36. The van der Waals surface area contributed by atoms with Crippen molar-refractivity contribution in [3.63, 3.8) is 0 Å². The van der Waals surface area contributed by atoms with Crippen LogP contribution in [-0.4, -0.2) is 37.8 Å². The van der Waals surface area contributed by atoms with Gasteiger partial charge in [-0.15, -0.1) is 0 Å². The van der Waals surface area contributed by atoms with E-state index in [9.17, 15) is 4.79 Å². The highest BCUT2D eigenvalue weighted by molar-refractivity contribution is 5.95. The van der Waals surface area contributed by atoms with Crippen LogP contribution in [0.3, 0.4) is 0 Å². The second-order valence-corrected chi connectivity index (χ2v) is 4.21. The van der Waals surface area contributed by atoms with Gasteiger partial charge in [-0.25, -0.2) is 0 Å². The minimum atomic E-state index is -0.175. The number of hydrogen-bond donors (Lipinski definition) is 2. The molecule has 0 spiro atoms. The maximum atomic E-state index is 11.9. The van der Waals surface area contributed by atoms with Crippen molar-refractivity contribution < 1.29 is 9.90 Å². The summed E-state index contributed by atoms with van der Waals surface area (Å²) in [6.45, 7) is 1.90. The molecule has 0 aliphatic rings. The quantitative estimate of drug-likeness (QED) is 0.809. The van der Waals surface area contributed by atoms with E-state index in [1.165, 1.54) is 0 Å². The average Bonchev–Trinajstić information content (AvgIpc) is 2.35. The van der Waals surface area contributed by atoms with Crippen LogP contribution in [0.1, 0.15) is 23.7 Å². The highest BCUT2D eigenvalue weighted by Gasteiger charge is 2.11. The maximum Gasteiger partial charge on any atom is 0.251 e. The molecule has 0 unspecified atom stereocenters. The molecule has 0 aromatic heterocycles. The third-order valence-corrected chi connectivity index (χ3v) is 2.67. The van der Waals surface area contributed by atoms with Crippen molar-refractivity contribution in [3.8, 4) is 0 Å². The fraction of sp³-hybridized carbons (Fsp3) is 0.462. The molecule has 0 fully saturated rings. The van der Waals surface area contributed by atoms with E-state index in [0.29, 0.717) is 5.56 Å². The molecular weight excluding hydrogens is 216 g/mol. The van der Waals surface area contributed by atoms with Crippen LogP contribution in [0.15, 0.2) is 24.3 Å². The first-order chi connectivity index (χ1) is 8.08. The summed E-state index contributed by atoms with van der Waals surface area (Å²) in [6.07, 6.45) is 0.718. The number of carbonyl (C=O) groups excluding carboxylic acids is 1. The van der Waals surface area contributed by atoms with Gasteiger partial charge >= 0.3 is 0 Å². The monoisotopic (exact) mass is 236 g/mol. The molecule has 4 heteroatoms. The van der Waals surface area contributed by atoms with Crippen molar-refractivity contribution in [2.75, 3.05) is 25.6 Å². The van der Waals surface area contributed by atoms with E-state index in [1.807, 2.05) is 44.1 Å². The molecule has 4 nitrogen and oxygen atoms in total. The first-order valence-electron chi connectivity index (χ1n) is 5.77. The number of carbonyl (C=O) groups is 1. The van der Waals surface area contributed by atoms with Crippen LogP contribution in [0.2, 0.25) is 0 Å². The molecule has 0 bridgehead atoms. The molecule has 0 aliphatic heterocycles. The Labute approximate surface area is 102 Å². The highest BCUT2D eigenvalue weighted by Crippen LogP contribution is 2.13. The summed E-state index contributed by atoms with van der Waals surface area (Å²) in [6, 6.07) is 7.22. The Morgan fingerprint density at radius 3 is 2.71 bits per heavy atom. The number of nitrogens with zero attached hydrogens (tertiary/aromatic N) is 1. The summed E-state index contributed by atoms with van der Waals surface area (Å²) >= 11 is 0. The predicted octanol–water partition coefficient (Wildman–Crippen LogP) is 1.25. The Bertz CT molecular complexity index is 373. The summed E-state index contributed by atoms with van der Waals surface area (Å²) in [5.74, 6) is -0.144. The van der Waals surface area contributed by atoms with Gasteiger partial charge < -0.3 is 15.3 Å². The van der Waals surface area contributed by atoms with E-state index >= 15 is 0 Å². The van der Waals surface area contributed by atoms with E-state index in [-0.39, 0.29) is 18.6 Å². The fourth-order valence-electron chi connectivity index (χ4n) is 1.47. The van der Waals surface area contributed by atoms with Gasteiger partial charge in [-0.3, -0.25) is 4.79 Å². The summed E-state index contributed by atoms with van der Waals surface area (Å²) in [5.41, 5.74) is 1.60. The van der Waals surface area contributed by atoms with Gasteiger partial charge in [0.15, 0.2) is 0 Å². The molecule has 1 atom stereocenters. The molecule has 1 amide bonds. The Hall–Kier alpha value is -1.55. The number of amides is 1. The van der Waals surface area contributed by atoms with Crippen molar-refractivity contribution in [1.29, 1.82) is 0 Å². The zero-order chi connectivity index (χ0) is 12.8. The molecule has 0 saturated heterocycles. The minimum Gasteiger partial charge on any atom is -0.394 e. The first kappa shape index (κ1) is 13.5. The van der Waals surface area contributed by atoms with E-state index in [4.69, 9.17) is 5.11 Å². The molecule has 1 aromatic rings. The summed E-state index contributed by atoms with van der Waals surface area (Å²) < 4.78 is 0. The van der Waals surface area contributed by atoms with E-state index in [0.717, 1.165) is 12.1 Å². The molecule has 0 heterocycles. The van der Waals surface area contributed by atoms with Gasteiger partial charge in [0, 0.05) is 25.3 Å². The molecule has 1 aromatic carbocycles. The molecular formula is C13H20N2O2. The van der Waals surface area contributed by atoms with Gasteiger partial charge in [0.2, 0.25) is 0 Å². The number of aliphatic hydroxyl groups excluding tert-OH is 1. The van der Waals surface area contributed by atoms with Gasteiger partial charge in [0.1, 0.15) is 0 Å². The number of nitrogens with one attached hydrogen (secondary N) is 1. The van der Waals surface area contributed by atoms with Crippen molar-refractivity contribution in [3.05, 3.63) is 29.8 Å². The number of benzene rings is 1. The lowest BCUT2D eigenvalue weighted by molar-refractivity contribution is 0.0915. The van der Waals surface area contributed by atoms with Crippen molar-refractivity contribution in [2.24, 2.45) is 0 Å². The number of rotatable bonds is 5. The Morgan fingerprint density at radius 2 is 2.18 bits per heavy atom. The second-order valence-electron chi connectivity index (χ2n) is 4.21.